The summed E-state index contributed by atoms with van der Waals surface area (Å²) in [5.74, 6) is 2.87. The van der Waals surface area contributed by atoms with Crippen LogP contribution >= 0.6 is 0 Å². The second-order valence-electron chi connectivity index (χ2n) is 14.2. The van der Waals surface area contributed by atoms with Crippen molar-refractivity contribution < 1.29 is 24.5 Å². The maximum absolute atomic E-state index is 12.8. The van der Waals surface area contributed by atoms with Gasteiger partial charge in [-0.25, -0.2) is 0 Å². The molecule has 0 heterocycles. The molecule has 4 rings (SSSR count). The summed E-state index contributed by atoms with van der Waals surface area (Å²) < 4.78 is 4.81. The number of methoxy groups -OCH3 is 1. The Balaban J connectivity index is 1.38. The van der Waals surface area contributed by atoms with Crippen molar-refractivity contribution in [1.82, 2.24) is 5.32 Å². The van der Waals surface area contributed by atoms with E-state index in [1.165, 1.54) is 32.8 Å². The van der Waals surface area contributed by atoms with Crippen LogP contribution in [0.4, 0.5) is 0 Å². The first-order valence-corrected chi connectivity index (χ1v) is 15.1. The van der Waals surface area contributed by atoms with E-state index in [4.69, 9.17) is 4.74 Å². The molecule has 0 aromatic carbocycles. The molecule has 4 aliphatic rings. The Morgan fingerprint density at radius 1 is 0.973 bits per heavy atom. The van der Waals surface area contributed by atoms with Crippen LogP contribution < -0.4 is 5.32 Å². The number of aliphatic hydroxyl groups excluding tert-OH is 2. The van der Waals surface area contributed by atoms with Gasteiger partial charge in [0, 0.05) is 12.5 Å². The van der Waals surface area contributed by atoms with Crippen LogP contribution in [0.15, 0.2) is 0 Å². The summed E-state index contributed by atoms with van der Waals surface area (Å²) in [7, 11) is 1.39. The number of aliphatic hydroxyl groups is 2. The van der Waals surface area contributed by atoms with Crippen molar-refractivity contribution >= 4 is 11.9 Å². The number of carbonyl (C=O) groups excluding carboxylic acids is 2. The van der Waals surface area contributed by atoms with Gasteiger partial charge in [-0.2, -0.15) is 0 Å². The van der Waals surface area contributed by atoms with Gasteiger partial charge < -0.3 is 20.3 Å². The van der Waals surface area contributed by atoms with Crippen molar-refractivity contribution in [2.75, 3.05) is 7.11 Å². The van der Waals surface area contributed by atoms with Gasteiger partial charge in [-0.3, -0.25) is 9.59 Å². The van der Waals surface area contributed by atoms with Crippen molar-refractivity contribution in [3.8, 4) is 0 Å². The molecule has 4 fully saturated rings. The lowest BCUT2D eigenvalue weighted by Crippen LogP contribution is -2.58. The van der Waals surface area contributed by atoms with E-state index in [-0.39, 0.29) is 53.3 Å². The second-order valence-corrected chi connectivity index (χ2v) is 14.2. The number of fused-ring (bicyclic) bond motifs is 5. The zero-order chi connectivity index (χ0) is 27.1. The predicted octanol–water partition coefficient (Wildman–Crippen LogP) is 5.10. The van der Waals surface area contributed by atoms with Crippen molar-refractivity contribution in [2.24, 2.45) is 52.3 Å². The van der Waals surface area contributed by atoms with E-state index in [1.807, 2.05) is 13.8 Å². The normalized spacial score (nSPS) is 42.8. The third kappa shape index (κ3) is 5.48. The number of ether oxygens (including phenoxy) is 1. The standard InChI is InChI=1S/C31H53NO5/c1-18(2)25(17-28(36)37-6)32-27(35)10-7-19(3)22-8-9-23-29-24(12-14-31(22,23)5)30(4)13-11-21(33)15-20(30)16-26(29)34/h18-26,29,33-34H,7-17H2,1-6H3,(H,32,35)/t19?,20-,21+,22?,23?,24?,25?,26-,29?,30-,31+/m0/s1. The monoisotopic (exact) mass is 519 g/mol. The fraction of sp³-hybridized carbons (Fsp3) is 0.935. The van der Waals surface area contributed by atoms with Gasteiger partial charge in [0.1, 0.15) is 0 Å². The molecular formula is C31H53NO5. The van der Waals surface area contributed by atoms with Crippen LogP contribution in [0.1, 0.15) is 105 Å². The molecule has 11 atom stereocenters. The molecule has 0 saturated heterocycles. The Hall–Kier alpha value is -1.14. The Morgan fingerprint density at radius 2 is 1.65 bits per heavy atom. The minimum atomic E-state index is -0.289. The number of nitrogens with one attached hydrogen (secondary N) is 1. The first-order valence-electron chi connectivity index (χ1n) is 15.1. The van der Waals surface area contributed by atoms with Gasteiger partial charge in [-0.1, -0.05) is 34.6 Å². The second kappa shape index (κ2) is 11.2. The largest absolute Gasteiger partial charge is 0.469 e. The van der Waals surface area contributed by atoms with E-state index < -0.39 is 0 Å². The molecule has 0 aromatic rings. The highest BCUT2D eigenvalue weighted by atomic mass is 16.5. The fourth-order valence-corrected chi connectivity index (χ4v) is 9.73. The summed E-state index contributed by atoms with van der Waals surface area (Å²) in [5.41, 5.74) is 0.476. The zero-order valence-corrected chi connectivity index (χ0v) is 24.2. The number of amides is 1. The molecule has 0 bridgehead atoms. The van der Waals surface area contributed by atoms with Crippen molar-refractivity contribution in [3.05, 3.63) is 0 Å². The molecule has 0 aliphatic heterocycles. The highest BCUT2D eigenvalue weighted by Crippen LogP contribution is 2.68. The van der Waals surface area contributed by atoms with Gasteiger partial charge in [-0.15, -0.1) is 0 Å². The molecule has 1 amide bonds. The van der Waals surface area contributed by atoms with E-state index in [9.17, 15) is 19.8 Å². The molecule has 37 heavy (non-hydrogen) atoms. The van der Waals surface area contributed by atoms with Gasteiger partial charge in [0.25, 0.3) is 0 Å². The maximum atomic E-state index is 12.8. The van der Waals surface area contributed by atoms with Gasteiger partial charge in [-0.05, 0) is 110 Å². The lowest BCUT2D eigenvalue weighted by Gasteiger charge is -2.62. The van der Waals surface area contributed by atoms with E-state index >= 15 is 0 Å². The third-order valence-corrected chi connectivity index (χ3v) is 12.0. The summed E-state index contributed by atoms with van der Waals surface area (Å²) in [6.07, 6.45) is 9.60. The van der Waals surface area contributed by atoms with Crippen LogP contribution in [0.5, 0.6) is 0 Å². The van der Waals surface area contributed by atoms with E-state index in [1.54, 1.807) is 0 Å². The number of rotatable bonds is 8. The summed E-state index contributed by atoms with van der Waals surface area (Å²) in [6, 6.07) is -0.196. The molecular weight excluding hydrogens is 466 g/mol. The van der Waals surface area contributed by atoms with Gasteiger partial charge >= 0.3 is 5.97 Å². The SMILES string of the molecule is COC(=O)CC(NC(=O)CCC(C)C1CCC2C3C(CC[C@]12C)[C@@]1(C)CC[C@@H](O)C[C@H]1C[C@@H]3O)C(C)C. The molecule has 0 aromatic heterocycles. The first kappa shape index (κ1) is 28.9. The minimum Gasteiger partial charge on any atom is -0.469 e. The van der Waals surface area contributed by atoms with E-state index in [0.717, 1.165) is 32.1 Å². The molecule has 6 nitrogen and oxygen atoms in total. The van der Waals surface area contributed by atoms with Crippen molar-refractivity contribution in [3.63, 3.8) is 0 Å². The Bertz CT molecular complexity index is 830. The number of carbonyl (C=O) groups is 2. The lowest BCUT2D eigenvalue weighted by atomic mass is 9.43. The Kier molecular flexibility index (Phi) is 8.70. The van der Waals surface area contributed by atoms with Crippen LogP contribution in [0.2, 0.25) is 0 Å². The van der Waals surface area contributed by atoms with Crippen LogP contribution in [-0.2, 0) is 14.3 Å². The van der Waals surface area contributed by atoms with Crippen LogP contribution in [0.3, 0.4) is 0 Å². The average Bonchev–Trinajstić information content (AvgIpc) is 3.20. The average molecular weight is 520 g/mol. The molecule has 6 heteroatoms. The molecule has 212 valence electrons. The van der Waals surface area contributed by atoms with Gasteiger partial charge in [0.15, 0.2) is 0 Å². The van der Waals surface area contributed by atoms with Crippen LogP contribution in [0, 0.1) is 52.3 Å². The third-order valence-electron chi connectivity index (χ3n) is 12.0. The number of esters is 1. The summed E-state index contributed by atoms with van der Waals surface area (Å²) >= 11 is 0. The topological polar surface area (TPSA) is 95.9 Å². The molecule has 4 saturated carbocycles. The zero-order valence-electron chi connectivity index (χ0n) is 24.2. The minimum absolute atomic E-state index is 0.0269. The molecule has 3 N–H and O–H groups in total. The highest BCUT2D eigenvalue weighted by molar-refractivity contribution is 5.77. The molecule has 0 spiro atoms. The Morgan fingerprint density at radius 3 is 2.32 bits per heavy atom. The highest BCUT2D eigenvalue weighted by Gasteiger charge is 2.62. The van der Waals surface area contributed by atoms with Gasteiger partial charge in [0.2, 0.25) is 5.91 Å². The van der Waals surface area contributed by atoms with E-state index in [2.05, 4.69) is 26.1 Å². The van der Waals surface area contributed by atoms with Gasteiger partial charge in [0.05, 0.1) is 25.7 Å². The molecule has 6 unspecified atom stereocenters. The first-order chi connectivity index (χ1) is 17.4. The van der Waals surface area contributed by atoms with E-state index in [0.29, 0.717) is 41.9 Å². The quantitative estimate of drug-likeness (QED) is 0.388. The summed E-state index contributed by atoms with van der Waals surface area (Å²) in [6.45, 7) is 11.3. The van der Waals surface area contributed by atoms with Crippen molar-refractivity contribution in [1.29, 1.82) is 0 Å². The molecule has 4 aliphatic carbocycles. The smallest absolute Gasteiger partial charge is 0.307 e. The number of hydrogen-bond donors (Lipinski definition) is 3. The Labute approximate surface area is 224 Å². The van der Waals surface area contributed by atoms with Crippen LogP contribution in [0.25, 0.3) is 0 Å². The fourth-order valence-electron chi connectivity index (χ4n) is 9.73. The molecule has 0 radical (unpaired) electrons. The maximum Gasteiger partial charge on any atom is 0.307 e. The van der Waals surface area contributed by atoms with Crippen molar-refractivity contribution in [2.45, 2.75) is 123 Å². The summed E-state index contributed by atoms with van der Waals surface area (Å²) in [4.78, 5) is 24.6. The predicted molar refractivity (Wildman–Crippen MR) is 144 cm³/mol. The van der Waals surface area contributed by atoms with Crippen LogP contribution in [-0.4, -0.2) is 47.4 Å². The summed E-state index contributed by atoms with van der Waals surface area (Å²) in [5, 5.41) is 24.8. The lowest BCUT2D eigenvalue weighted by molar-refractivity contribution is -0.174. The number of hydrogen-bond acceptors (Lipinski definition) is 5.